The van der Waals surface area contributed by atoms with Crippen LogP contribution in [0.2, 0.25) is 5.02 Å². The average molecular weight is 320 g/mol. The van der Waals surface area contributed by atoms with Crippen LogP contribution in [0, 0.1) is 5.82 Å². The lowest BCUT2D eigenvalue weighted by Crippen LogP contribution is -2.30. The van der Waals surface area contributed by atoms with E-state index < -0.39 is 15.8 Å². The second kappa shape index (κ2) is 5.48. The van der Waals surface area contributed by atoms with Gasteiger partial charge >= 0.3 is 0 Å². The molecule has 2 rings (SSSR count). The smallest absolute Gasteiger partial charge is 0.266 e. The van der Waals surface area contributed by atoms with Crippen LogP contribution in [0.4, 0.5) is 10.1 Å². The van der Waals surface area contributed by atoms with Crippen LogP contribution in [0.5, 0.6) is 0 Å². The molecule has 102 valence electrons. The standard InChI is InChI=1S/C12H11ClFNO2S2/c1-2-15(9-5-6-11(14)10(13)8-9)19(16,17)12-4-3-7-18-12/h3-8H,2H2,1H3. The Morgan fingerprint density at radius 3 is 2.63 bits per heavy atom. The van der Waals surface area contributed by atoms with Crippen molar-refractivity contribution in [2.75, 3.05) is 10.8 Å². The molecule has 0 bridgehead atoms. The maximum atomic E-state index is 13.1. The summed E-state index contributed by atoms with van der Waals surface area (Å²) in [4.78, 5) is 0. The molecule has 7 heteroatoms. The summed E-state index contributed by atoms with van der Waals surface area (Å²) in [7, 11) is -3.62. The number of hydrogen-bond donors (Lipinski definition) is 0. The van der Waals surface area contributed by atoms with E-state index >= 15 is 0 Å². The van der Waals surface area contributed by atoms with Gasteiger partial charge < -0.3 is 0 Å². The van der Waals surface area contributed by atoms with Gasteiger partial charge in [-0.05, 0) is 36.6 Å². The van der Waals surface area contributed by atoms with Crippen LogP contribution in [0.1, 0.15) is 6.92 Å². The van der Waals surface area contributed by atoms with Crippen molar-refractivity contribution in [1.29, 1.82) is 0 Å². The van der Waals surface area contributed by atoms with Crippen LogP contribution in [-0.2, 0) is 10.0 Å². The van der Waals surface area contributed by atoms with Gasteiger partial charge in [0.2, 0.25) is 0 Å². The molecule has 0 aliphatic rings. The molecular weight excluding hydrogens is 309 g/mol. The summed E-state index contributed by atoms with van der Waals surface area (Å²) in [6, 6.07) is 7.07. The number of hydrogen-bond acceptors (Lipinski definition) is 3. The lowest BCUT2D eigenvalue weighted by Gasteiger charge is -2.22. The highest BCUT2D eigenvalue weighted by Gasteiger charge is 2.24. The van der Waals surface area contributed by atoms with Gasteiger partial charge in [-0.2, -0.15) is 0 Å². The van der Waals surface area contributed by atoms with Crippen molar-refractivity contribution in [2.24, 2.45) is 0 Å². The molecule has 0 saturated heterocycles. The molecule has 0 aliphatic carbocycles. The molecule has 1 aromatic heterocycles. The zero-order chi connectivity index (χ0) is 14.0. The fraction of sp³-hybridized carbons (Fsp3) is 0.167. The second-order valence-electron chi connectivity index (χ2n) is 3.70. The molecule has 0 aliphatic heterocycles. The first-order chi connectivity index (χ1) is 8.96. The van der Waals surface area contributed by atoms with Crippen LogP contribution in [0.25, 0.3) is 0 Å². The van der Waals surface area contributed by atoms with Crippen LogP contribution in [0.3, 0.4) is 0 Å². The predicted molar refractivity (Wildman–Crippen MR) is 75.9 cm³/mol. The number of anilines is 1. The molecule has 0 spiro atoms. The number of sulfonamides is 1. The number of thiophene rings is 1. The summed E-state index contributed by atoms with van der Waals surface area (Å²) < 4.78 is 39.4. The zero-order valence-corrected chi connectivity index (χ0v) is 12.4. The molecule has 0 radical (unpaired) electrons. The van der Waals surface area contributed by atoms with Crippen LogP contribution in [-0.4, -0.2) is 15.0 Å². The fourth-order valence-electron chi connectivity index (χ4n) is 1.65. The minimum absolute atomic E-state index is 0.0997. The Morgan fingerprint density at radius 2 is 2.11 bits per heavy atom. The van der Waals surface area contributed by atoms with E-state index in [1.165, 1.54) is 22.5 Å². The maximum absolute atomic E-state index is 13.1. The first-order valence-corrected chi connectivity index (χ1v) is 8.18. The van der Waals surface area contributed by atoms with Crippen molar-refractivity contribution >= 4 is 38.6 Å². The molecule has 0 amide bonds. The quantitative estimate of drug-likeness (QED) is 0.860. The highest BCUT2D eigenvalue weighted by atomic mass is 35.5. The Balaban J connectivity index is 2.48. The van der Waals surface area contributed by atoms with E-state index in [9.17, 15) is 12.8 Å². The Bertz CT molecular complexity index is 671. The van der Waals surface area contributed by atoms with Gasteiger partial charge in [0.15, 0.2) is 0 Å². The topological polar surface area (TPSA) is 37.4 Å². The third kappa shape index (κ3) is 2.75. The minimum Gasteiger partial charge on any atom is -0.266 e. The second-order valence-corrected chi connectivity index (χ2v) is 7.14. The van der Waals surface area contributed by atoms with Gasteiger partial charge in [0, 0.05) is 6.54 Å². The van der Waals surface area contributed by atoms with Gasteiger partial charge in [-0.1, -0.05) is 17.7 Å². The molecule has 0 fully saturated rings. The Kier molecular flexibility index (Phi) is 4.13. The van der Waals surface area contributed by atoms with E-state index in [1.54, 1.807) is 18.4 Å². The van der Waals surface area contributed by atoms with Gasteiger partial charge in [0.25, 0.3) is 10.0 Å². The molecule has 19 heavy (non-hydrogen) atoms. The van der Waals surface area contributed by atoms with Gasteiger partial charge in [0.05, 0.1) is 10.7 Å². The van der Waals surface area contributed by atoms with E-state index in [0.29, 0.717) is 5.69 Å². The van der Waals surface area contributed by atoms with Crippen LogP contribution in [0.15, 0.2) is 39.9 Å². The molecular formula is C12H11ClFNO2S2. The lowest BCUT2D eigenvalue weighted by molar-refractivity contribution is 0.593. The molecule has 0 atom stereocenters. The van der Waals surface area contributed by atoms with Crippen LogP contribution >= 0.6 is 22.9 Å². The highest BCUT2D eigenvalue weighted by molar-refractivity contribution is 7.94. The summed E-state index contributed by atoms with van der Waals surface area (Å²) in [5.41, 5.74) is 0.349. The first kappa shape index (κ1) is 14.3. The van der Waals surface area contributed by atoms with E-state index in [2.05, 4.69) is 0 Å². The largest absolute Gasteiger partial charge is 0.273 e. The molecule has 0 unspecified atom stereocenters. The summed E-state index contributed by atoms with van der Waals surface area (Å²) in [6.07, 6.45) is 0. The van der Waals surface area contributed by atoms with E-state index in [-0.39, 0.29) is 15.8 Å². The van der Waals surface area contributed by atoms with E-state index in [1.807, 2.05) is 0 Å². The number of rotatable bonds is 4. The SMILES string of the molecule is CCN(c1ccc(F)c(Cl)c1)S(=O)(=O)c1cccs1. The summed E-state index contributed by atoms with van der Waals surface area (Å²) in [6.45, 7) is 1.95. The highest BCUT2D eigenvalue weighted by Crippen LogP contribution is 2.29. The summed E-state index contributed by atoms with van der Waals surface area (Å²) in [5, 5.41) is 1.59. The van der Waals surface area contributed by atoms with E-state index in [0.717, 1.165) is 17.4 Å². The fourth-order valence-corrected chi connectivity index (χ4v) is 4.40. The van der Waals surface area contributed by atoms with Crippen molar-refractivity contribution < 1.29 is 12.8 Å². The van der Waals surface area contributed by atoms with Gasteiger partial charge in [-0.25, -0.2) is 12.8 Å². The Morgan fingerprint density at radius 1 is 1.37 bits per heavy atom. The Labute approximate surface area is 120 Å². The van der Waals surface area contributed by atoms with Gasteiger partial charge in [-0.3, -0.25) is 4.31 Å². The monoisotopic (exact) mass is 319 g/mol. The van der Waals surface area contributed by atoms with Crippen molar-refractivity contribution in [3.63, 3.8) is 0 Å². The number of nitrogens with zero attached hydrogens (tertiary/aromatic N) is 1. The van der Waals surface area contributed by atoms with Crippen LogP contribution < -0.4 is 4.31 Å². The first-order valence-electron chi connectivity index (χ1n) is 5.48. The van der Waals surface area contributed by atoms with Crippen molar-refractivity contribution in [3.05, 3.63) is 46.6 Å². The summed E-state index contributed by atoms with van der Waals surface area (Å²) >= 11 is 6.83. The minimum atomic E-state index is -3.62. The normalized spacial score (nSPS) is 11.5. The third-order valence-corrected chi connectivity index (χ3v) is 6.08. The molecule has 0 saturated carbocycles. The lowest BCUT2D eigenvalue weighted by atomic mass is 10.3. The average Bonchev–Trinajstić information content (AvgIpc) is 2.88. The molecule has 1 aromatic carbocycles. The van der Waals surface area contributed by atoms with Crippen molar-refractivity contribution in [3.8, 4) is 0 Å². The maximum Gasteiger partial charge on any atom is 0.273 e. The molecule has 3 nitrogen and oxygen atoms in total. The van der Waals surface area contributed by atoms with Gasteiger partial charge in [0.1, 0.15) is 10.0 Å². The predicted octanol–water partition coefficient (Wildman–Crippen LogP) is 3.76. The Hall–Kier alpha value is -1.11. The third-order valence-electron chi connectivity index (χ3n) is 2.52. The molecule has 1 heterocycles. The molecule has 0 N–H and O–H groups in total. The van der Waals surface area contributed by atoms with Gasteiger partial charge in [-0.15, -0.1) is 11.3 Å². The van der Waals surface area contributed by atoms with Crippen molar-refractivity contribution in [2.45, 2.75) is 11.1 Å². The summed E-state index contributed by atoms with van der Waals surface area (Å²) in [5.74, 6) is -0.574. The van der Waals surface area contributed by atoms with Crippen molar-refractivity contribution in [1.82, 2.24) is 0 Å². The molecule has 2 aromatic rings. The number of halogens is 2. The van der Waals surface area contributed by atoms with E-state index in [4.69, 9.17) is 11.6 Å². The number of benzene rings is 1. The zero-order valence-electron chi connectivity index (χ0n) is 10.0.